The van der Waals surface area contributed by atoms with Crippen LogP contribution in [0.5, 0.6) is 0 Å². The number of amides is 1. The van der Waals surface area contributed by atoms with Crippen LogP contribution in [0.25, 0.3) is 0 Å². The van der Waals surface area contributed by atoms with Gasteiger partial charge < -0.3 is 15.2 Å². The summed E-state index contributed by atoms with van der Waals surface area (Å²) in [5.74, 6) is 0.746. The van der Waals surface area contributed by atoms with Crippen LogP contribution in [0.2, 0.25) is 5.02 Å². The molecule has 0 radical (unpaired) electrons. The van der Waals surface area contributed by atoms with Crippen molar-refractivity contribution in [3.05, 3.63) is 33.2 Å². The minimum atomic E-state index is -0.430. The van der Waals surface area contributed by atoms with Gasteiger partial charge >= 0.3 is 0 Å². The molecule has 1 saturated heterocycles. The molecule has 1 fully saturated rings. The van der Waals surface area contributed by atoms with Crippen molar-refractivity contribution >= 4 is 17.5 Å². The van der Waals surface area contributed by atoms with Gasteiger partial charge in [-0.3, -0.25) is 9.59 Å². The van der Waals surface area contributed by atoms with Crippen LogP contribution in [-0.2, 0) is 0 Å². The Kier molecular flexibility index (Phi) is 5.42. The maximum Gasteiger partial charge on any atom is 0.256 e. The number of hydrogen-bond donors (Lipinski definition) is 2. The molecule has 1 aliphatic rings. The smallest absolute Gasteiger partial charge is 0.256 e. The number of H-pyrrole nitrogens is 1. The van der Waals surface area contributed by atoms with Crippen molar-refractivity contribution in [2.24, 2.45) is 11.8 Å². The van der Waals surface area contributed by atoms with Crippen molar-refractivity contribution < 1.29 is 4.79 Å². The summed E-state index contributed by atoms with van der Waals surface area (Å²) in [6.07, 6.45) is 3.85. The van der Waals surface area contributed by atoms with Crippen LogP contribution in [-0.4, -0.2) is 42.0 Å². The Hall–Kier alpha value is -1.33. The van der Waals surface area contributed by atoms with Crippen LogP contribution >= 0.6 is 11.6 Å². The predicted molar refractivity (Wildman–Crippen MR) is 83.8 cm³/mol. The number of aromatic nitrogens is 1. The minimum Gasteiger partial charge on any atom is -0.365 e. The number of halogens is 1. The molecule has 1 atom stereocenters. The van der Waals surface area contributed by atoms with Crippen LogP contribution in [0.15, 0.2) is 17.2 Å². The zero-order valence-corrected chi connectivity index (χ0v) is 13.2. The highest BCUT2D eigenvalue weighted by atomic mass is 35.5. The number of likely N-dealkylation sites (tertiary alicyclic amines) is 1. The largest absolute Gasteiger partial charge is 0.365 e. The molecule has 1 aromatic rings. The Morgan fingerprint density at radius 3 is 3.00 bits per heavy atom. The van der Waals surface area contributed by atoms with E-state index >= 15 is 0 Å². The van der Waals surface area contributed by atoms with E-state index in [2.05, 4.69) is 29.0 Å². The fraction of sp³-hybridized carbons (Fsp3) is 0.600. The summed E-state index contributed by atoms with van der Waals surface area (Å²) in [6, 6.07) is 0. The van der Waals surface area contributed by atoms with E-state index < -0.39 is 5.43 Å². The van der Waals surface area contributed by atoms with Crippen LogP contribution in [0.3, 0.4) is 0 Å². The fourth-order valence-electron chi connectivity index (χ4n) is 2.72. The molecule has 21 heavy (non-hydrogen) atoms. The number of hydrogen-bond acceptors (Lipinski definition) is 3. The standard InChI is InChI=1S/C15H22ClN3O2/c1-10(2)8-19-4-3-11(9-19)5-18-15(21)12-6-17-7-13(16)14(12)20/h6-7,10-11H,3-5,8-9H2,1-2H3,(H,17,20)(H,18,21)/t11-/m1/s1. The zero-order chi connectivity index (χ0) is 15.4. The third-order valence-corrected chi connectivity index (χ3v) is 3.97. The van der Waals surface area contributed by atoms with E-state index in [9.17, 15) is 9.59 Å². The number of nitrogens with zero attached hydrogens (tertiary/aromatic N) is 1. The summed E-state index contributed by atoms with van der Waals surface area (Å²) in [5.41, 5.74) is -0.361. The first-order chi connectivity index (χ1) is 9.97. The van der Waals surface area contributed by atoms with Gasteiger partial charge in [-0.2, -0.15) is 0 Å². The SMILES string of the molecule is CC(C)CN1CC[C@H](CNC(=O)c2c[nH]cc(Cl)c2=O)C1. The maximum atomic E-state index is 12.0. The first kappa shape index (κ1) is 16.0. The van der Waals surface area contributed by atoms with Gasteiger partial charge in [-0.05, 0) is 24.8 Å². The van der Waals surface area contributed by atoms with Gasteiger partial charge in [0, 0.05) is 32.0 Å². The summed E-state index contributed by atoms with van der Waals surface area (Å²) < 4.78 is 0. The van der Waals surface area contributed by atoms with Gasteiger partial charge in [-0.15, -0.1) is 0 Å². The highest BCUT2D eigenvalue weighted by Gasteiger charge is 2.23. The molecular weight excluding hydrogens is 290 g/mol. The molecule has 0 saturated carbocycles. The first-order valence-electron chi connectivity index (χ1n) is 7.34. The summed E-state index contributed by atoms with van der Waals surface area (Å²) >= 11 is 5.72. The average molecular weight is 312 g/mol. The second-order valence-electron chi connectivity index (χ2n) is 6.06. The number of rotatable bonds is 5. The molecule has 1 aromatic heterocycles. The third kappa shape index (κ3) is 4.32. The first-order valence-corrected chi connectivity index (χ1v) is 7.72. The van der Waals surface area contributed by atoms with E-state index in [0.29, 0.717) is 18.4 Å². The summed E-state index contributed by atoms with van der Waals surface area (Å²) in [4.78, 5) is 28.9. The third-order valence-electron chi connectivity index (χ3n) is 3.69. The maximum absolute atomic E-state index is 12.0. The van der Waals surface area contributed by atoms with Gasteiger partial charge in [0.2, 0.25) is 5.43 Å². The number of carbonyl (C=O) groups is 1. The highest BCUT2D eigenvalue weighted by Crippen LogP contribution is 2.16. The van der Waals surface area contributed by atoms with E-state index in [-0.39, 0.29) is 16.5 Å². The molecule has 2 rings (SSSR count). The van der Waals surface area contributed by atoms with E-state index in [4.69, 9.17) is 11.6 Å². The zero-order valence-electron chi connectivity index (χ0n) is 12.5. The molecule has 2 N–H and O–H groups in total. The minimum absolute atomic E-state index is 0.0339. The molecule has 5 nitrogen and oxygen atoms in total. The molecule has 1 amide bonds. The molecule has 116 valence electrons. The number of aromatic amines is 1. The summed E-state index contributed by atoms with van der Waals surface area (Å²) in [7, 11) is 0. The monoisotopic (exact) mass is 311 g/mol. The van der Waals surface area contributed by atoms with Crippen molar-refractivity contribution in [2.45, 2.75) is 20.3 Å². The quantitative estimate of drug-likeness (QED) is 0.870. The number of nitrogens with one attached hydrogen (secondary N) is 2. The highest BCUT2D eigenvalue weighted by molar-refractivity contribution is 6.30. The molecule has 0 bridgehead atoms. The molecule has 6 heteroatoms. The lowest BCUT2D eigenvalue weighted by Crippen LogP contribution is -2.34. The van der Waals surface area contributed by atoms with Crippen LogP contribution < -0.4 is 10.7 Å². The Morgan fingerprint density at radius 2 is 2.29 bits per heavy atom. The number of carbonyl (C=O) groups excluding carboxylic acids is 1. The molecule has 0 unspecified atom stereocenters. The predicted octanol–water partition coefficient (Wildman–Crippen LogP) is 1.74. The van der Waals surface area contributed by atoms with Gasteiger partial charge in [0.05, 0.1) is 0 Å². The Labute approximate surface area is 129 Å². The second-order valence-corrected chi connectivity index (χ2v) is 6.47. The van der Waals surface area contributed by atoms with E-state index in [1.54, 1.807) is 0 Å². The van der Waals surface area contributed by atoms with Crippen LogP contribution in [0, 0.1) is 11.8 Å². The summed E-state index contributed by atoms with van der Waals surface area (Å²) in [6.45, 7) is 8.19. The Balaban J connectivity index is 1.85. The topological polar surface area (TPSA) is 65.2 Å². The van der Waals surface area contributed by atoms with Crippen molar-refractivity contribution in [2.75, 3.05) is 26.2 Å². The Bertz CT molecular complexity index is 556. The van der Waals surface area contributed by atoms with Gasteiger partial charge in [-0.1, -0.05) is 25.4 Å². The average Bonchev–Trinajstić information content (AvgIpc) is 2.86. The lowest BCUT2D eigenvalue weighted by molar-refractivity contribution is 0.0946. The van der Waals surface area contributed by atoms with Gasteiger partial charge in [0.15, 0.2) is 0 Å². The van der Waals surface area contributed by atoms with Gasteiger partial charge in [0.25, 0.3) is 5.91 Å². The van der Waals surface area contributed by atoms with Crippen LogP contribution in [0.4, 0.5) is 0 Å². The second kappa shape index (κ2) is 7.09. The molecule has 0 spiro atoms. The lowest BCUT2D eigenvalue weighted by Gasteiger charge is -2.18. The van der Waals surface area contributed by atoms with Crippen molar-refractivity contribution in [1.29, 1.82) is 0 Å². The Morgan fingerprint density at radius 1 is 1.52 bits per heavy atom. The molecule has 1 aliphatic heterocycles. The normalized spacial score (nSPS) is 19.1. The van der Waals surface area contributed by atoms with Crippen LogP contribution in [0.1, 0.15) is 30.6 Å². The lowest BCUT2D eigenvalue weighted by atomic mass is 10.1. The van der Waals surface area contributed by atoms with Crippen molar-refractivity contribution in [3.8, 4) is 0 Å². The molecule has 0 aromatic carbocycles. The van der Waals surface area contributed by atoms with Gasteiger partial charge in [-0.25, -0.2) is 0 Å². The number of pyridine rings is 1. The molecule has 0 aliphatic carbocycles. The van der Waals surface area contributed by atoms with E-state index in [1.165, 1.54) is 12.4 Å². The summed E-state index contributed by atoms with van der Waals surface area (Å²) in [5, 5.41) is 2.87. The fourth-order valence-corrected chi connectivity index (χ4v) is 2.89. The molecule has 2 heterocycles. The van der Waals surface area contributed by atoms with Gasteiger partial charge in [0.1, 0.15) is 10.6 Å². The van der Waals surface area contributed by atoms with E-state index in [1.807, 2.05) is 0 Å². The van der Waals surface area contributed by atoms with E-state index in [0.717, 1.165) is 26.1 Å². The van der Waals surface area contributed by atoms with Crippen molar-refractivity contribution in [1.82, 2.24) is 15.2 Å². The van der Waals surface area contributed by atoms with Crippen molar-refractivity contribution in [3.63, 3.8) is 0 Å². The molecular formula is C15H22ClN3O2.